The number of pyridine rings is 1. The maximum absolute atomic E-state index is 11.9. The van der Waals surface area contributed by atoms with Gasteiger partial charge in [-0.2, -0.15) is 0 Å². The maximum Gasteiger partial charge on any atom is 0.332 e. The lowest BCUT2D eigenvalue weighted by Gasteiger charge is -2.03. The summed E-state index contributed by atoms with van der Waals surface area (Å²) in [4.78, 5) is 18.7. The molecule has 0 unspecified atom stereocenters. The highest BCUT2D eigenvalue weighted by Crippen LogP contribution is 2.15. The van der Waals surface area contributed by atoms with E-state index in [-0.39, 0.29) is 5.69 Å². The van der Waals surface area contributed by atoms with Crippen LogP contribution in [0.15, 0.2) is 47.4 Å². The Bertz CT molecular complexity index is 741. The van der Waals surface area contributed by atoms with Gasteiger partial charge in [0.25, 0.3) is 0 Å². The number of anilines is 1. The molecule has 0 aliphatic rings. The van der Waals surface area contributed by atoms with Gasteiger partial charge in [-0.15, -0.1) is 0 Å². The SMILES string of the molecule is Nc1cccc(-n2c(=O)[nH]c3ncccc32)c1. The van der Waals surface area contributed by atoms with E-state index in [0.29, 0.717) is 11.3 Å². The number of aromatic nitrogens is 3. The van der Waals surface area contributed by atoms with Crippen molar-refractivity contribution in [3.63, 3.8) is 0 Å². The number of hydrogen-bond acceptors (Lipinski definition) is 3. The van der Waals surface area contributed by atoms with Crippen molar-refractivity contribution in [1.82, 2.24) is 14.5 Å². The molecule has 0 bridgehead atoms. The molecule has 0 amide bonds. The van der Waals surface area contributed by atoms with Crippen molar-refractivity contribution in [3.05, 3.63) is 53.1 Å². The molecule has 1 aromatic carbocycles. The largest absolute Gasteiger partial charge is 0.399 e. The molecule has 0 spiro atoms. The van der Waals surface area contributed by atoms with E-state index >= 15 is 0 Å². The van der Waals surface area contributed by atoms with Gasteiger partial charge in [-0.1, -0.05) is 6.07 Å². The fourth-order valence-electron chi connectivity index (χ4n) is 1.86. The topological polar surface area (TPSA) is 76.7 Å². The summed E-state index contributed by atoms with van der Waals surface area (Å²) in [5.74, 6) is 0. The van der Waals surface area contributed by atoms with E-state index in [1.54, 1.807) is 29.0 Å². The van der Waals surface area contributed by atoms with Crippen molar-refractivity contribution in [3.8, 4) is 5.69 Å². The number of nitrogen functional groups attached to an aromatic ring is 1. The van der Waals surface area contributed by atoms with Crippen LogP contribution in [-0.4, -0.2) is 14.5 Å². The van der Waals surface area contributed by atoms with Crippen LogP contribution >= 0.6 is 0 Å². The molecule has 0 aliphatic carbocycles. The van der Waals surface area contributed by atoms with Gasteiger partial charge in [0.1, 0.15) is 0 Å². The second-order valence-corrected chi connectivity index (χ2v) is 3.73. The second-order valence-electron chi connectivity index (χ2n) is 3.73. The van der Waals surface area contributed by atoms with Gasteiger partial charge in [-0.3, -0.25) is 9.55 Å². The van der Waals surface area contributed by atoms with Crippen LogP contribution in [0.2, 0.25) is 0 Å². The molecule has 0 atom stereocenters. The van der Waals surface area contributed by atoms with Crippen LogP contribution in [0.5, 0.6) is 0 Å². The zero-order valence-electron chi connectivity index (χ0n) is 8.92. The van der Waals surface area contributed by atoms with Gasteiger partial charge in [0, 0.05) is 11.9 Å². The Balaban J connectivity index is 2.37. The van der Waals surface area contributed by atoms with Crippen molar-refractivity contribution in [2.45, 2.75) is 0 Å². The van der Waals surface area contributed by atoms with E-state index in [4.69, 9.17) is 5.73 Å². The van der Waals surface area contributed by atoms with E-state index in [0.717, 1.165) is 11.2 Å². The maximum atomic E-state index is 11.9. The molecule has 3 aromatic rings. The number of nitrogens with one attached hydrogen (secondary N) is 1. The summed E-state index contributed by atoms with van der Waals surface area (Å²) >= 11 is 0. The first-order chi connectivity index (χ1) is 8.25. The van der Waals surface area contributed by atoms with Crippen molar-refractivity contribution in [2.75, 3.05) is 5.73 Å². The minimum Gasteiger partial charge on any atom is -0.399 e. The summed E-state index contributed by atoms with van der Waals surface area (Å²) in [6.07, 6.45) is 1.64. The molecular weight excluding hydrogens is 216 g/mol. The monoisotopic (exact) mass is 226 g/mol. The molecule has 0 saturated carbocycles. The Morgan fingerprint density at radius 2 is 2.12 bits per heavy atom. The fourth-order valence-corrected chi connectivity index (χ4v) is 1.86. The molecule has 3 rings (SSSR count). The Hall–Kier alpha value is -2.56. The molecule has 5 nitrogen and oxygen atoms in total. The molecule has 0 aliphatic heterocycles. The molecule has 0 saturated heterocycles. The molecule has 2 heterocycles. The van der Waals surface area contributed by atoms with Crippen LogP contribution in [0.3, 0.4) is 0 Å². The molecule has 5 heteroatoms. The molecular formula is C12H10N4O. The number of aromatic amines is 1. The summed E-state index contributed by atoms with van der Waals surface area (Å²) < 4.78 is 1.55. The van der Waals surface area contributed by atoms with Crippen LogP contribution in [0.4, 0.5) is 5.69 Å². The Morgan fingerprint density at radius 1 is 1.24 bits per heavy atom. The minimum atomic E-state index is -0.218. The average Bonchev–Trinajstić information content (AvgIpc) is 2.64. The number of nitrogens with zero attached hydrogens (tertiary/aromatic N) is 2. The lowest BCUT2D eigenvalue weighted by atomic mass is 10.3. The molecule has 84 valence electrons. The molecule has 2 aromatic heterocycles. The fraction of sp³-hybridized carbons (Fsp3) is 0. The van der Waals surface area contributed by atoms with E-state index in [1.165, 1.54) is 0 Å². The summed E-state index contributed by atoms with van der Waals surface area (Å²) in [5, 5.41) is 0. The Morgan fingerprint density at radius 3 is 2.94 bits per heavy atom. The predicted molar refractivity (Wildman–Crippen MR) is 66.1 cm³/mol. The summed E-state index contributed by atoms with van der Waals surface area (Å²) in [6.45, 7) is 0. The number of hydrogen-bond donors (Lipinski definition) is 2. The first-order valence-corrected chi connectivity index (χ1v) is 5.17. The molecule has 0 radical (unpaired) electrons. The van der Waals surface area contributed by atoms with Gasteiger partial charge in [0.05, 0.1) is 11.2 Å². The standard InChI is InChI=1S/C12H10N4O/c13-8-3-1-4-9(7-8)16-10-5-2-6-14-11(10)15-12(16)17/h1-7H,13H2,(H,14,15,17). The van der Waals surface area contributed by atoms with Crippen molar-refractivity contribution >= 4 is 16.9 Å². The number of benzene rings is 1. The lowest BCUT2D eigenvalue weighted by molar-refractivity contribution is 1.02. The first kappa shape index (κ1) is 9.65. The summed E-state index contributed by atoms with van der Waals surface area (Å²) in [7, 11) is 0. The zero-order valence-corrected chi connectivity index (χ0v) is 8.92. The van der Waals surface area contributed by atoms with Gasteiger partial charge in [0.15, 0.2) is 5.65 Å². The van der Waals surface area contributed by atoms with Crippen LogP contribution in [-0.2, 0) is 0 Å². The van der Waals surface area contributed by atoms with Crippen LogP contribution in [0, 0.1) is 0 Å². The van der Waals surface area contributed by atoms with Crippen molar-refractivity contribution in [2.24, 2.45) is 0 Å². The number of imidazole rings is 1. The van der Waals surface area contributed by atoms with Gasteiger partial charge in [0.2, 0.25) is 0 Å². The van der Waals surface area contributed by atoms with Gasteiger partial charge >= 0.3 is 5.69 Å². The van der Waals surface area contributed by atoms with Crippen LogP contribution in [0.25, 0.3) is 16.9 Å². The van der Waals surface area contributed by atoms with Crippen molar-refractivity contribution < 1.29 is 0 Å². The second kappa shape index (κ2) is 3.48. The zero-order chi connectivity index (χ0) is 11.8. The average molecular weight is 226 g/mol. The van der Waals surface area contributed by atoms with Crippen molar-refractivity contribution in [1.29, 1.82) is 0 Å². The summed E-state index contributed by atoms with van der Waals surface area (Å²) in [5.41, 5.74) is 8.16. The van der Waals surface area contributed by atoms with E-state index in [2.05, 4.69) is 9.97 Å². The van der Waals surface area contributed by atoms with E-state index < -0.39 is 0 Å². The molecule has 0 fully saturated rings. The molecule has 3 N–H and O–H groups in total. The molecule has 17 heavy (non-hydrogen) atoms. The third-order valence-electron chi connectivity index (χ3n) is 2.58. The minimum absolute atomic E-state index is 0.218. The highest BCUT2D eigenvalue weighted by Gasteiger charge is 2.08. The third-order valence-corrected chi connectivity index (χ3v) is 2.58. The Labute approximate surface area is 96.5 Å². The normalized spacial score (nSPS) is 10.8. The van der Waals surface area contributed by atoms with E-state index in [1.807, 2.05) is 18.2 Å². The number of rotatable bonds is 1. The highest BCUT2D eigenvalue weighted by molar-refractivity contribution is 5.73. The first-order valence-electron chi connectivity index (χ1n) is 5.17. The van der Waals surface area contributed by atoms with Gasteiger partial charge in [-0.25, -0.2) is 9.78 Å². The quantitative estimate of drug-likeness (QED) is 0.614. The third kappa shape index (κ3) is 1.48. The van der Waals surface area contributed by atoms with Gasteiger partial charge in [-0.05, 0) is 30.3 Å². The summed E-state index contributed by atoms with van der Waals surface area (Å²) in [6, 6.07) is 10.8. The number of nitrogens with two attached hydrogens (primary N) is 1. The Kier molecular flexibility index (Phi) is 1.98. The number of H-pyrrole nitrogens is 1. The van der Waals surface area contributed by atoms with Gasteiger partial charge < -0.3 is 5.73 Å². The smallest absolute Gasteiger partial charge is 0.332 e. The lowest BCUT2D eigenvalue weighted by Crippen LogP contribution is -2.14. The van der Waals surface area contributed by atoms with Crippen LogP contribution in [0.1, 0.15) is 0 Å². The number of fused-ring (bicyclic) bond motifs is 1. The predicted octanol–water partition coefficient (Wildman–Crippen LogP) is 1.30. The van der Waals surface area contributed by atoms with E-state index in [9.17, 15) is 4.79 Å². The highest BCUT2D eigenvalue weighted by atomic mass is 16.1. The van der Waals surface area contributed by atoms with Crippen LogP contribution < -0.4 is 11.4 Å².